The highest BCUT2D eigenvalue weighted by Gasteiger charge is 2.15. The van der Waals surface area contributed by atoms with E-state index >= 15 is 0 Å². The van der Waals surface area contributed by atoms with E-state index in [0.29, 0.717) is 17.4 Å². The van der Waals surface area contributed by atoms with Crippen molar-refractivity contribution in [2.45, 2.75) is 32.1 Å². The quantitative estimate of drug-likeness (QED) is 0.287. The second-order valence-corrected chi connectivity index (χ2v) is 9.02. The summed E-state index contributed by atoms with van der Waals surface area (Å²) in [6.07, 6.45) is 5.31. The molecule has 182 valence electrons. The molecule has 0 radical (unpaired) electrons. The first kappa shape index (κ1) is 24.3. The maximum Gasteiger partial charge on any atom is 0.293 e. The molecule has 8 nitrogen and oxygen atoms in total. The highest BCUT2D eigenvalue weighted by molar-refractivity contribution is 7.14. The summed E-state index contributed by atoms with van der Waals surface area (Å²) in [6, 6.07) is 11.5. The number of H-pyrrole nitrogens is 1. The number of amides is 2. The molecular formula is C25H26FN5O3S. The first-order valence-corrected chi connectivity index (χ1v) is 12.2. The molecule has 0 aliphatic carbocycles. The molecule has 1 aromatic carbocycles. The second kappa shape index (κ2) is 11.6. The number of likely N-dealkylation sites (N-methyl/N-ethyl adjacent to an activating group) is 1. The Morgan fingerprint density at radius 2 is 2.00 bits per heavy atom. The first-order chi connectivity index (χ1) is 17.0. The number of unbranched alkanes of at least 4 members (excludes halogenated alkanes) is 2. The fourth-order valence-corrected chi connectivity index (χ4v) is 4.23. The van der Waals surface area contributed by atoms with E-state index in [1.54, 1.807) is 41.6 Å². The van der Waals surface area contributed by atoms with Gasteiger partial charge < -0.3 is 9.32 Å². The normalized spacial score (nSPS) is 10.9. The summed E-state index contributed by atoms with van der Waals surface area (Å²) < 4.78 is 18.1. The molecule has 0 unspecified atom stereocenters. The van der Waals surface area contributed by atoms with Crippen molar-refractivity contribution in [3.05, 3.63) is 77.1 Å². The fourth-order valence-electron chi connectivity index (χ4n) is 3.53. The molecule has 0 fully saturated rings. The third kappa shape index (κ3) is 6.86. The fraction of sp³-hybridized carbons (Fsp3) is 0.280. The van der Waals surface area contributed by atoms with Gasteiger partial charge in [0, 0.05) is 30.2 Å². The van der Waals surface area contributed by atoms with Crippen molar-refractivity contribution in [1.82, 2.24) is 20.1 Å². The van der Waals surface area contributed by atoms with Gasteiger partial charge in [-0.1, -0.05) is 6.42 Å². The molecule has 2 N–H and O–H groups in total. The minimum Gasteiger partial charge on any atom is -0.459 e. The van der Waals surface area contributed by atoms with Gasteiger partial charge in [0.25, 0.3) is 5.91 Å². The lowest BCUT2D eigenvalue weighted by Crippen LogP contribution is -2.29. The number of nitrogens with zero attached hydrogens (tertiary/aromatic N) is 3. The number of thiazole rings is 1. The molecule has 4 aromatic rings. The molecule has 0 saturated carbocycles. The highest BCUT2D eigenvalue weighted by atomic mass is 32.1. The van der Waals surface area contributed by atoms with Crippen LogP contribution in [0, 0.1) is 5.82 Å². The van der Waals surface area contributed by atoms with Gasteiger partial charge in [-0.15, -0.1) is 11.3 Å². The van der Waals surface area contributed by atoms with E-state index < -0.39 is 0 Å². The lowest BCUT2D eigenvalue weighted by atomic mass is 10.1. The molecule has 35 heavy (non-hydrogen) atoms. The Morgan fingerprint density at radius 3 is 2.77 bits per heavy atom. The van der Waals surface area contributed by atoms with Crippen molar-refractivity contribution in [3.8, 4) is 11.3 Å². The van der Waals surface area contributed by atoms with E-state index in [1.165, 1.54) is 29.7 Å². The molecule has 10 heteroatoms. The standard InChI is InChI=1S/C25H26FN5O3S/c1-31(23(32)15-20-16-35-25(27-20)28-24(33)22-7-5-13-34-22)12-4-2-3-6-19-14-21(30-29-19)17-8-10-18(26)11-9-17/h5,7-11,13-14,16H,2-4,6,12,15H2,1H3,(H,29,30)(H,27,28,33). The average molecular weight is 496 g/mol. The van der Waals surface area contributed by atoms with E-state index in [0.717, 1.165) is 42.6 Å². The van der Waals surface area contributed by atoms with Crippen molar-refractivity contribution in [1.29, 1.82) is 0 Å². The number of anilines is 1. The lowest BCUT2D eigenvalue weighted by molar-refractivity contribution is -0.129. The summed E-state index contributed by atoms with van der Waals surface area (Å²) in [5.74, 6) is -0.449. The predicted molar refractivity (Wildman–Crippen MR) is 132 cm³/mol. The zero-order valence-electron chi connectivity index (χ0n) is 19.3. The number of halogens is 1. The van der Waals surface area contributed by atoms with Crippen LogP contribution in [0.3, 0.4) is 0 Å². The van der Waals surface area contributed by atoms with Crippen LogP contribution in [-0.4, -0.2) is 45.5 Å². The summed E-state index contributed by atoms with van der Waals surface area (Å²) in [5.41, 5.74) is 3.34. The van der Waals surface area contributed by atoms with Crippen molar-refractivity contribution in [3.63, 3.8) is 0 Å². The number of rotatable bonds is 11. The number of benzene rings is 1. The smallest absolute Gasteiger partial charge is 0.293 e. The summed E-state index contributed by atoms with van der Waals surface area (Å²) in [5, 5.41) is 12.2. The van der Waals surface area contributed by atoms with Crippen molar-refractivity contribution in [2.75, 3.05) is 18.9 Å². The summed E-state index contributed by atoms with van der Waals surface area (Å²) in [6.45, 7) is 0.662. The Balaban J connectivity index is 1.14. The molecule has 0 saturated heterocycles. The molecule has 3 aromatic heterocycles. The zero-order chi connectivity index (χ0) is 24.6. The van der Waals surface area contributed by atoms with Crippen LogP contribution in [0.5, 0.6) is 0 Å². The Kier molecular flexibility index (Phi) is 8.04. The largest absolute Gasteiger partial charge is 0.459 e. The van der Waals surface area contributed by atoms with Gasteiger partial charge in [-0.25, -0.2) is 9.37 Å². The number of carbonyl (C=O) groups excluding carboxylic acids is 2. The number of nitrogens with one attached hydrogen (secondary N) is 2. The number of aryl methyl sites for hydroxylation is 1. The van der Waals surface area contributed by atoms with Crippen LogP contribution in [0.25, 0.3) is 11.3 Å². The molecule has 4 rings (SSSR count). The van der Waals surface area contributed by atoms with Crippen molar-refractivity contribution >= 4 is 28.3 Å². The number of hydrogen-bond acceptors (Lipinski definition) is 6. The summed E-state index contributed by atoms with van der Waals surface area (Å²) >= 11 is 1.27. The van der Waals surface area contributed by atoms with E-state index in [2.05, 4.69) is 20.5 Å². The molecule has 2 amide bonds. The van der Waals surface area contributed by atoms with Crippen LogP contribution in [0.15, 0.2) is 58.5 Å². The van der Waals surface area contributed by atoms with Gasteiger partial charge in [0.2, 0.25) is 5.91 Å². The molecular weight excluding hydrogens is 469 g/mol. The molecule has 0 atom stereocenters. The molecule has 0 aliphatic rings. The number of aromatic amines is 1. The van der Waals surface area contributed by atoms with E-state index in [1.807, 2.05) is 6.07 Å². The summed E-state index contributed by atoms with van der Waals surface area (Å²) in [7, 11) is 1.79. The van der Waals surface area contributed by atoms with Crippen LogP contribution in [0.4, 0.5) is 9.52 Å². The third-order valence-electron chi connectivity index (χ3n) is 5.49. The van der Waals surface area contributed by atoms with Crippen LogP contribution in [-0.2, 0) is 17.6 Å². The number of aromatic nitrogens is 3. The highest BCUT2D eigenvalue weighted by Crippen LogP contribution is 2.20. The van der Waals surface area contributed by atoms with Crippen molar-refractivity contribution in [2.24, 2.45) is 0 Å². The average Bonchev–Trinajstić information content (AvgIpc) is 3.62. The maximum atomic E-state index is 13.1. The van der Waals surface area contributed by atoms with Crippen LogP contribution in [0.2, 0.25) is 0 Å². The summed E-state index contributed by atoms with van der Waals surface area (Å²) in [4.78, 5) is 30.6. The Hall–Kier alpha value is -3.79. The lowest BCUT2D eigenvalue weighted by Gasteiger charge is -2.16. The molecule has 3 heterocycles. The molecule has 0 aliphatic heterocycles. The third-order valence-corrected chi connectivity index (χ3v) is 6.29. The Morgan fingerprint density at radius 1 is 1.17 bits per heavy atom. The van der Waals surface area contributed by atoms with Gasteiger partial charge in [0.1, 0.15) is 5.82 Å². The predicted octanol–water partition coefficient (Wildman–Crippen LogP) is 4.93. The Labute approximate surface area is 206 Å². The number of carbonyl (C=O) groups is 2. The zero-order valence-corrected chi connectivity index (χ0v) is 20.1. The van der Waals surface area contributed by atoms with Gasteiger partial charge in [-0.3, -0.25) is 20.0 Å². The van der Waals surface area contributed by atoms with Crippen molar-refractivity contribution < 1.29 is 18.4 Å². The van der Waals surface area contributed by atoms with E-state index in [-0.39, 0.29) is 29.8 Å². The minimum absolute atomic E-state index is 0.0169. The Bertz CT molecular complexity index is 1250. The van der Waals surface area contributed by atoms with Crippen LogP contribution in [0.1, 0.15) is 41.2 Å². The van der Waals surface area contributed by atoms with Crippen LogP contribution >= 0.6 is 11.3 Å². The number of hydrogen-bond donors (Lipinski definition) is 2. The van der Waals surface area contributed by atoms with Gasteiger partial charge in [-0.2, -0.15) is 5.10 Å². The monoisotopic (exact) mass is 495 g/mol. The van der Waals surface area contributed by atoms with Gasteiger partial charge in [0.05, 0.1) is 24.1 Å². The van der Waals surface area contributed by atoms with E-state index in [9.17, 15) is 14.0 Å². The topological polar surface area (TPSA) is 104 Å². The SMILES string of the molecule is CN(CCCCCc1cc(-c2ccc(F)cc2)n[nH]1)C(=O)Cc1csc(NC(=O)c2ccco2)n1. The molecule has 0 bridgehead atoms. The van der Waals surface area contributed by atoms with E-state index in [4.69, 9.17) is 4.42 Å². The maximum absolute atomic E-state index is 13.1. The second-order valence-electron chi connectivity index (χ2n) is 8.16. The van der Waals surface area contributed by atoms with Gasteiger partial charge in [-0.05, 0) is 61.7 Å². The minimum atomic E-state index is -0.374. The number of furan rings is 1. The van der Waals surface area contributed by atoms with Gasteiger partial charge in [0.15, 0.2) is 10.9 Å². The van der Waals surface area contributed by atoms with Gasteiger partial charge >= 0.3 is 0 Å². The van der Waals surface area contributed by atoms with Crippen LogP contribution < -0.4 is 5.32 Å². The molecule has 0 spiro atoms. The first-order valence-electron chi connectivity index (χ1n) is 11.3.